The van der Waals surface area contributed by atoms with Gasteiger partial charge in [-0.15, -0.1) is 11.3 Å². The molecule has 0 saturated carbocycles. The molecule has 0 atom stereocenters. The van der Waals surface area contributed by atoms with Crippen LogP contribution in [0.15, 0.2) is 27.4 Å². The molecule has 0 amide bonds. The molecule has 0 aliphatic carbocycles. The number of nitrogens with one attached hydrogen (secondary N) is 1. The van der Waals surface area contributed by atoms with Crippen molar-refractivity contribution >= 4 is 37.3 Å². The summed E-state index contributed by atoms with van der Waals surface area (Å²) in [5, 5.41) is 0. The van der Waals surface area contributed by atoms with Gasteiger partial charge in [0.05, 0.1) is 0 Å². The number of halogens is 1. The van der Waals surface area contributed by atoms with E-state index < -0.39 is 10.0 Å². The average Bonchev–Trinajstić information content (AvgIpc) is 2.65. The van der Waals surface area contributed by atoms with Gasteiger partial charge in [-0.25, -0.2) is 13.1 Å². The first-order valence-electron chi connectivity index (χ1n) is 4.57. The monoisotopic (exact) mass is 324 g/mol. The van der Waals surface area contributed by atoms with Gasteiger partial charge in [0.25, 0.3) is 0 Å². The van der Waals surface area contributed by atoms with Crippen LogP contribution in [0.3, 0.4) is 0 Å². The van der Waals surface area contributed by atoms with Gasteiger partial charge < -0.3 is 5.73 Å². The van der Waals surface area contributed by atoms with Crippen LogP contribution in [0.5, 0.6) is 0 Å². The van der Waals surface area contributed by atoms with Gasteiger partial charge in [0.2, 0.25) is 10.0 Å². The highest BCUT2D eigenvalue weighted by Crippen LogP contribution is 2.21. The van der Waals surface area contributed by atoms with Crippen molar-refractivity contribution in [2.75, 3.05) is 13.1 Å². The molecule has 0 fully saturated rings. The fourth-order valence-corrected chi connectivity index (χ4v) is 3.79. The minimum absolute atomic E-state index is 0.187. The third kappa shape index (κ3) is 3.99. The van der Waals surface area contributed by atoms with Gasteiger partial charge in [-0.3, -0.25) is 0 Å². The first-order chi connectivity index (χ1) is 7.45. The quantitative estimate of drug-likeness (QED) is 0.831. The van der Waals surface area contributed by atoms with Crippen molar-refractivity contribution in [2.24, 2.45) is 5.73 Å². The molecule has 7 heteroatoms. The van der Waals surface area contributed by atoms with Crippen LogP contribution in [0, 0.1) is 0 Å². The van der Waals surface area contributed by atoms with Crippen LogP contribution in [-0.2, 0) is 16.4 Å². The summed E-state index contributed by atoms with van der Waals surface area (Å²) in [6.07, 6.45) is 0.700. The molecule has 1 aromatic heterocycles. The van der Waals surface area contributed by atoms with Crippen LogP contribution < -0.4 is 10.5 Å². The summed E-state index contributed by atoms with van der Waals surface area (Å²) in [6.45, 7) is 4.27. The first-order valence-corrected chi connectivity index (χ1v) is 7.66. The number of hydrogen-bond donors (Lipinski definition) is 2. The Morgan fingerprint density at radius 2 is 2.25 bits per heavy atom. The number of rotatable bonds is 6. The zero-order chi connectivity index (χ0) is 12.2. The lowest BCUT2D eigenvalue weighted by molar-refractivity contribution is 0.587. The molecule has 0 unspecified atom stereocenters. The third-order valence-corrected chi connectivity index (χ3v) is 5.07. The second kappa shape index (κ2) is 5.92. The predicted octanol–water partition coefficient (Wildman–Crippen LogP) is 1.44. The molecular weight excluding hydrogens is 312 g/mol. The summed E-state index contributed by atoms with van der Waals surface area (Å²) in [5.74, 6) is 0. The van der Waals surface area contributed by atoms with Gasteiger partial charge in [0, 0.05) is 15.9 Å². The highest BCUT2D eigenvalue weighted by molar-refractivity contribution is 9.11. The fraction of sp³-hybridized carbons (Fsp3) is 0.333. The molecule has 1 heterocycles. The van der Waals surface area contributed by atoms with E-state index >= 15 is 0 Å². The van der Waals surface area contributed by atoms with E-state index in [1.165, 1.54) is 11.3 Å². The van der Waals surface area contributed by atoms with E-state index in [0.29, 0.717) is 21.7 Å². The van der Waals surface area contributed by atoms with Crippen molar-refractivity contribution in [1.29, 1.82) is 0 Å². The van der Waals surface area contributed by atoms with E-state index in [1.807, 2.05) is 0 Å². The summed E-state index contributed by atoms with van der Waals surface area (Å²) in [4.78, 5) is 0.973. The van der Waals surface area contributed by atoms with Crippen LogP contribution in [0.2, 0.25) is 0 Å². The molecule has 3 N–H and O–H groups in total. The minimum atomic E-state index is -3.42. The van der Waals surface area contributed by atoms with Gasteiger partial charge in [-0.2, -0.15) is 0 Å². The summed E-state index contributed by atoms with van der Waals surface area (Å²) < 4.78 is 26.9. The summed E-state index contributed by atoms with van der Waals surface area (Å²) >= 11 is 4.34. The number of hydrogen-bond acceptors (Lipinski definition) is 4. The first kappa shape index (κ1) is 13.9. The Morgan fingerprint density at radius 1 is 1.56 bits per heavy atom. The molecule has 90 valence electrons. The molecule has 0 radical (unpaired) electrons. The van der Waals surface area contributed by atoms with E-state index in [-0.39, 0.29) is 6.54 Å². The van der Waals surface area contributed by atoms with Crippen molar-refractivity contribution in [3.05, 3.63) is 28.1 Å². The SMILES string of the molecule is C=C(Br)CNS(=O)(=O)c1ccc(CCN)s1. The Hall–Kier alpha value is -0.210. The van der Waals surface area contributed by atoms with Crippen LogP contribution >= 0.6 is 27.3 Å². The molecular formula is C9H13BrN2O2S2. The smallest absolute Gasteiger partial charge is 0.250 e. The van der Waals surface area contributed by atoms with E-state index in [0.717, 1.165) is 4.88 Å². The zero-order valence-electron chi connectivity index (χ0n) is 8.57. The second-order valence-electron chi connectivity index (χ2n) is 3.10. The van der Waals surface area contributed by atoms with Crippen LogP contribution in [-0.4, -0.2) is 21.5 Å². The van der Waals surface area contributed by atoms with Crippen molar-refractivity contribution in [2.45, 2.75) is 10.6 Å². The van der Waals surface area contributed by atoms with Gasteiger partial charge in [-0.05, 0) is 25.1 Å². The standard InChI is InChI=1S/C9H13BrN2O2S2/c1-7(10)6-12-16(13,14)9-3-2-8(15-9)4-5-11/h2-3,12H,1,4-6,11H2. The van der Waals surface area contributed by atoms with E-state index in [1.54, 1.807) is 12.1 Å². The molecule has 0 bridgehead atoms. The number of nitrogens with two attached hydrogens (primary N) is 1. The minimum Gasteiger partial charge on any atom is -0.330 e. The Bertz CT molecular complexity index is 468. The van der Waals surface area contributed by atoms with Gasteiger partial charge in [-0.1, -0.05) is 22.5 Å². The van der Waals surface area contributed by atoms with Crippen LogP contribution in [0.1, 0.15) is 4.88 Å². The molecule has 1 aromatic rings. The summed E-state index contributed by atoms with van der Waals surface area (Å²) in [7, 11) is -3.42. The van der Waals surface area contributed by atoms with Crippen molar-refractivity contribution < 1.29 is 8.42 Å². The Morgan fingerprint density at radius 3 is 2.81 bits per heavy atom. The molecule has 0 saturated heterocycles. The summed E-state index contributed by atoms with van der Waals surface area (Å²) in [6, 6.07) is 3.38. The topological polar surface area (TPSA) is 72.2 Å². The van der Waals surface area contributed by atoms with Crippen LogP contribution in [0.25, 0.3) is 0 Å². The lowest BCUT2D eigenvalue weighted by Gasteiger charge is -2.02. The summed E-state index contributed by atoms with van der Waals surface area (Å²) in [5.41, 5.74) is 5.40. The Labute approximate surface area is 108 Å². The van der Waals surface area contributed by atoms with Crippen molar-refractivity contribution in [3.63, 3.8) is 0 Å². The average molecular weight is 325 g/mol. The maximum absolute atomic E-state index is 11.8. The molecule has 0 aromatic carbocycles. The largest absolute Gasteiger partial charge is 0.330 e. The van der Waals surface area contributed by atoms with E-state index in [9.17, 15) is 8.42 Å². The van der Waals surface area contributed by atoms with Crippen LogP contribution in [0.4, 0.5) is 0 Å². The van der Waals surface area contributed by atoms with E-state index in [2.05, 4.69) is 27.2 Å². The zero-order valence-corrected chi connectivity index (χ0v) is 11.8. The second-order valence-corrected chi connectivity index (χ2v) is 7.38. The Balaban J connectivity index is 2.77. The maximum Gasteiger partial charge on any atom is 0.250 e. The molecule has 1 rings (SSSR count). The van der Waals surface area contributed by atoms with Crippen molar-refractivity contribution in [1.82, 2.24) is 4.72 Å². The molecule has 0 spiro atoms. The van der Waals surface area contributed by atoms with E-state index in [4.69, 9.17) is 5.73 Å². The van der Waals surface area contributed by atoms with Gasteiger partial charge in [0.15, 0.2) is 0 Å². The molecule has 0 aliphatic rings. The maximum atomic E-state index is 11.8. The fourth-order valence-electron chi connectivity index (χ4n) is 1.02. The van der Waals surface area contributed by atoms with Crippen molar-refractivity contribution in [3.8, 4) is 0 Å². The predicted molar refractivity (Wildman–Crippen MR) is 70.3 cm³/mol. The lowest BCUT2D eigenvalue weighted by atomic mass is 10.3. The highest BCUT2D eigenvalue weighted by Gasteiger charge is 2.16. The lowest BCUT2D eigenvalue weighted by Crippen LogP contribution is -2.23. The van der Waals surface area contributed by atoms with Gasteiger partial charge >= 0.3 is 0 Å². The molecule has 16 heavy (non-hydrogen) atoms. The third-order valence-electron chi connectivity index (χ3n) is 1.75. The highest BCUT2D eigenvalue weighted by atomic mass is 79.9. The molecule has 4 nitrogen and oxygen atoms in total. The molecule has 0 aliphatic heterocycles. The number of sulfonamides is 1. The van der Waals surface area contributed by atoms with Gasteiger partial charge in [0.1, 0.15) is 4.21 Å². The Kier molecular flexibility index (Phi) is 5.13. The number of thiophene rings is 1. The normalized spacial score (nSPS) is 11.6.